The Bertz CT molecular complexity index is 1330. The highest BCUT2D eigenvalue weighted by atomic mass is 32.1. The van der Waals surface area contributed by atoms with Gasteiger partial charge in [-0.05, 0) is 48.4 Å². The Morgan fingerprint density at radius 3 is 2.38 bits per heavy atom. The first-order chi connectivity index (χ1) is 17.2. The number of esters is 1. The summed E-state index contributed by atoms with van der Waals surface area (Å²) in [5.74, 6) is -1.09. The number of rotatable bonds is 5. The molecular formula is C28H33N3O5S. The normalized spacial score (nSPS) is 19.7. The minimum atomic E-state index is -0.645. The van der Waals surface area contributed by atoms with Gasteiger partial charge in [0.05, 0.1) is 23.0 Å². The zero-order valence-corrected chi connectivity index (χ0v) is 22.9. The number of nitrogens with two attached hydrogens (primary N) is 1. The van der Waals surface area contributed by atoms with E-state index in [0.29, 0.717) is 24.1 Å². The summed E-state index contributed by atoms with van der Waals surface area (Å²) in [4.78, 5) is 41.7. The first kappa shape index (κ1) is 26.6. The number of carbonyl (C=O) groups excluding carboxylic acids is 2. The smallest absolute Gasteiger partial charge is 0.338 e. The summed E-state index contributed by atoms with van der Waals surface area (Å²) in [6.07, 6.45) is 0.889. The van der Waals surface area contributed by atoms with Crippen LogP contribution in [0.15, 0.2) is 59.1 Å². The number of nitro groups is 1. The lowest BCUT2D eigenvalue weighted by Gasteiger charge is -2.44. The molecule has 0 saturated carbocycles. The van der Waals surface area contributed by atoms with E-state index in [1.807, 2.05) is 26.0 Å². The van der Waals surface area contributed by atoms with Crippen LogP contribution >= 0.6 is 11.3 Å². The summed E-state index contributed by atoms with van der Waals surface area (Å²) >= 11 is 1.57. The molecule has 0 amide bonds. The minimum absolute atomic E-state index is 0.0387. The molecule has 1 aromatic carbocycles. The van der Waals surface area contributed by atoms with Gasteiger partial charge in [-0.3, -0.25) is 19.8 Å². The highest BCUT2D eigenvalue weighted by Crippen LogP contribution is 2.52. The molecule has 1 aliphatic heterocycles. The SMILES string of the molecule is CCOC(=O)C1=C(N)N(c2ccc([N+](=O)[O-])cc2)C2=C(C(=O)CC(C)(C)C2)[C@H]1c1ccc(C(C)(C)C)s1. The van der Waals surface area contributed by atoms with Gasteiger partial charge in [-0.2, -0.15) is 0 Å². The Morgan fingerprint density at radius 1 is 1.19 bits per heavy atom. The third-order valence-corrected chi connectivity index (χ3v) is 8.30. The second-order valence-electron chi connectivity index (χ2n) is 11.3. The number of hydrogen-bond donors (Lipinski definition) is 1. The molecule has 9 heteroatoms. The lowest BCUT2D eigenvalue weighted by molar-refractivity contribution is -0.384. The molecular weight excluding hydrogens is 490 g/mol. The quantitative estimate of drug-likeness (QED) is 0.293. The molecule has 2 aromatic rings. The fourth-order valence-corrected chi connectivity index (χ4v) is 6.22. The Kier molecular flexibility index (Phi) is 6.79. The number of nitro benzene ring substituents is 1. The van der Waals surface area contributed by atoms with E-state index in [0.717, 1.165) is 15.5 Å². The first-order valence-electron chi connectivity index (χ1n) is 12.3. The summed E-state index contributed by atoms with van der Waals surface area (Å²) in [5, 5.41) is 11.2. The van der Waals surface area contributed by atoms with Gasteiger partial charge in [-0.15, -0.1) is 11.3 Å². The molecule has 2 aliphatic rings. The first-order valence-corrected chi connectivity index (χ1v) is 13.1. The van der Waals surface area contributed by atoms with Gasteiger partial charge >= 0.3 is 5.97 Å². The maximum Gasteiger partial charge on any atom is 0.338 e. The van der Waals surface area contributed by atoms with E-state index in [9.17, 15) is 19.7 Å². The monoisotopic (exact) mass is 523 g/mol. The topological polar surface area (TPSA) is 116 Å². The number of carbonyl (C=O) groups is 2. The van der Waals surface area contributed by atoms with Crippen LogP contribution < -0.4 is 10.6 Å². The van der Waals surface area contributed by atoms with Gasteiger partial charge < -0.3 is 10.5 Å². The Hall–Kier alpha value is -3.46. The van der Waals surface area contributed by atoms with Crippen molar-refractivity contribution in [2.75, 3.05) is 11.5 Å². The standard InChI is InChI=1S/C28H33N3O5S/c1-7-36-26(33)24-23(20-12-13-21(37-20)27(2,3)4)22-18(14-28(5,6)15-19(22)32)30(25(24)29)16-8-10-17(11-9-16)31(34)35/h8-13,23H,7,14-15,29H2,1-6H3/t23-/m1/s1. The molecule has 0 fully saturated rings. The maximum atomic E-state index is 13.8. The number of non-ortho nitro benzene ring substituents is 1. The summed E-state index contributed by atoms with van der Waals surface area (Å²) < 4.78 is 5.45. The van der Waals surface area contributed by atoms with E-state index in [-0.39, 0.29) is 40.3 Å². The number of anilines is 1. The summed E-state index contributed by atoms with van der Waals surface area (Å²) in [7, 11) is 0. The van der Waals surface area contributed by atoms with Crippen LogP contribution in [0.1, 0.15) is 70.1 Å². The fraction of sp³-hybridized carbons (Fsp3) is 0.429. The summed E-state index contributed by atoms with van der Waals surface area (Å²) in [6, 6.07) is 9.98. The van der Waals surface area contributed by atoms with Gasteiger partial charge in [-0.1, -0.05) is 34.6 Å². The lowest BCUT2D eigenvalue weighted by atomic mass is 9.69. The Morgan fingerprint density at radius 2 is 1.84 bits per heavy atom. The second kappa shape index (κ2) is 9.45. The van der Waals surface area contributed by atoms with E-state index >= 15 is 0 Å². The number of hydrogen-bond acceptors (Lipinski definition) is 8. The van der Waals surface area contributed by atoms with E-state index in [2.05, 4.69) is 20.8 Å². The Labute approximate surface area is 220 Å². The van der Waals surface area contributed by atoms with Gasteiger partial charge in [0, 0.05) is 45.3 Å². The van der Waals surface area contributed by atoms with Gasteiger partial charge in [-0.25, -0.2) is 4.79 Å². The van der Waals surface area contributed by atoms with Crippen molar-refractivity contribution in [3.05, 3.63) is 78.9 Å². The second-order valence-corrected chi connectivity index (χ2v) is 12.4. The van der Waals surface area contributed by atoms with Crippen molar-refractivity contribution < 1.29 is 19.2 Å². The van der Waals surface area contributed by atoms with Crippen molar-refractivity contribution in [2.24, 2.45) is 11.1 Å². The van der Waals surface area contributed by atoms with Crippen LogP contribution in [0.3, 0.4) is 0 Å². The van der Waals surface area contributed by atoms with Crippen molar-refractivity contribution in [3.8, 4) is 0 Å². The summed E-state index contributed by atoms with van der Waals surface area (Å²) in [6.45, 7) is 12.3. The molecule has 4 rings (SSSR count). The number of ketones is 1. The molecule has 1 aliphatic carbocycles. The van der Waals surface area contributed by atoms with Crippen LogP contribution in [0.5, 0.6) is 0 Å². The summed E-state index contributed by atoms with van der Waals surface area (Å²) in [5.41, 5.74) is 8.31. The molecule has 8 nitrogen and oxygen atoms in total. The predicted octanol–water partition coefficient (Wildman–Crippen LogP) is 5.93. The molecule has 2 heterocycles. The average Bonchev–Trinajstić information content (AvgIpc) is 3.28. The van der Waals surface area contributed by atoms with Crippen LogP contribution in [0.2, 0.25) is 0 Å². The van der Waals surface area contributed by atoms with Crippen LogP contribution in [0, 0.1) is 15.5 Å². The number of nitrogens with zero attached hydrogens (tertiary/aromatic N) is 2. The molecule has 1 atom stereocenters. The largest absolute Gasteiger partial charge is 0.463 e. The maximum absolute atomic E-state index is 13.8. The van der Waals surface area contributed by atoms with E-state index in [1.54, 1.807) is 35.3 Å². The highest BCUT2D eigenvalue weighted by molar-refractivity contribution is 7.12. The Balaban J connectivity index is 1.99. The predicted molar refractivity (Wildman–Crippen MR) is 144 cm³/mol. The molecule has 0 saturated heterocycles. The number of ether oxygens (including phenoxy) is 1. The van der Waals surface area contributed by atoms with E-state index < -0.39 is 16.8 Å². The van der Waals surface area contributed by atoms with Crippen molar-refractivity contribution >= 4 is 34.5 Å². The molecule has 0 radical (unpaired) electrons. The van der Waals surface area contributed by atoms with Crippen LogP contribution in [-0.2, 0) is 19.7 Å². The fourth-order valence-electron chi connectivity index (χ4n) is 5.03. The van der Waals surface area contributed by atoms with Gasteiger partial charge in [0.15, 0.2) is 5.78 Å². The highest BCUT2D eigenvalue weighted by Gasteiger charge is 2.47. The molecule has 2 N–H and O–H groups in total. The van der Waals surface area contributed by atoms with Crippen LogP contribution in [0.4, 0.5) is 11.4 Å². The number of Topliss-reactive ketones (excluding diaryl/α,β-unsaturated/α-hetero) is 1. The molecule has 0 bridgehead atoms. The lowest BCUT2D eigenvalue weighted by Crippen LogP contribution is -2.43. The number of thiophene rings is 1. The molecule has 0 unspecified atom stereocenters. The third-order valence-electron chi connectivity index (χ3n) is 6.73. The zero-order chi connectivity index (χ0) is 27.3. The van der Waals surface area contributed by atoms with Crippen molar-refractivity contribution in [2.45, 2.75) is 65.7 Å². The van der Waals surface area contributed by atoms with Crippen molar-refractivity contribution in [1.29, 1.82) is 0 Å². The molecule has 1 aromatic heterocycles. The van der Waals surface area contributed by atoms with Crippen LogP contribution in [0.25, 0.3) is 0 Å². The third kappa shape index (κ3) is 4.92. The van der Waals surface area contributed by atoms with E-state index in [1.165, 1.54) is 12.1 Å². The van der Waals surface area contributed by atoms with Crippen molar-refractivity contribution in [3.63, 3.8) is 0 Å². The van der Waals surface area contributed by atoms with Crippen molar-refractivity contribution in [1.82, 2.24) is 0 Å². The van der Waals surface area contributed by atoms with Crippen LogP contribution in [-0.4, -0.2) is 23.3 Å². The number of benzene rings is 1. The van der Waals surface area contributed by atoms with E-state index in [4.69, 9.17) is 10.5 Å². The zero-order valence-electron chi connectivity index (χ0n) is 22.1. The molecule has 37 heavy (non-hydrogen) atoms. The molecule has 0 spiro atoms. The number of allylic oxidation sites excluding steroid dienone is 2. The average molecular weight is 524 g/mol. The minimum Gasteiger partial charge on any atom is -0.463 e. The van der Waals surface area contributed by atoms with Gasteiger partial charge in [0.2, 0.25) is 0 Å². The molecule has 196 valence electrons. The van der Waals surface area contributed by atoms with Gasteiger partial charge in [0.1, 0.15) is 5.82 Å². The van der Waals surface area contributed by atoms with Gasteiger partial charge in [0.25, 0.3) is 5.69 Å².